The molecule has 0 nitrogen and oxygen atoms in total. The van der Waals surface area contributed by atoms with Crippen LogP contribution in [0.2, 0.25) is 0 Å². The molecule has 1 saturated heterocycles. The maximum Gasteiger partial charge on any atom is 0.00513 e. The number of rotatable bonds is 1. The Bertz CT molecular complexity index is 189. The van der Waals surface area contributed by atoms with E-state index in [1.165, 1.54) is 20.3 Å². The van der Waals surface area contributed by atoms with Crippen molar-refractivity contribution < 1.29 is 0 Å². The molecule has 0 amide bonds. The lowest BCUT2D eigenvalue weighted by atomic mass is 10.2. The molecule has 2 rings (SSSR count). The highest BCUT2D eigenvalue weighted by Gasteiger charge is 2.22. The zero-order valence-corrected chi connectivity index (χ0v) is 6.17. The van der Waals surface area contributed by atoms with Gasteiger partial charge in [-0.05, 0) is 11.7 Å². The van der Waals surface area contributed by atoms with E-state index in [0.717, 1.165) is 5.66 Å². The van der Waals surface area contributed by atoms with Gasteiger partial charge in [0.25, 0.3) is 0 Å². The molecule has 1 fully saturated rings. The van der Waals surface area contributed by atoms with E-state index in [1.807, 2.05) is 0 Å². The van der Waals surface area contributed by atoms with E-state index in [4.69, 9.17) is 0 Å². The Labute approximate surface area is 57.1 Å². The van der Waals surface area contributed by atoms with Crippen molar-refractivity contribution in [1.82, 2.24) is 0 Å². The average molecular weight is 136 g/mol. The van der Waals surface area contributed by atoms with Gasteiger partial charge < -0.3 is 0 Å². The van der Waals surface area contributed by atoms with E-state index in [2.05, 4.69) is 30.3 Å². The van der Waals surface area contributed by atoms with Crippen LogP contribution in [0.5, 0.6) is 0 Å². The fourth-order valence-corrected chi connectivity index (χ4v) is 1.76. The van der Waals surface area contributed by atoms with Crippen LogP contribution in [0.25, 0.3) is 0 Å². The predicted octanol–water partition coefficient (Wildman–Crippen LogP) is 2.42. The number of hydrogen-bond acceptors (Lipinski definition) is 0. The SMILES string of the molecule is c1ccc(C2CP2)cc1. The molecular weight excluding hydrogens is 127 g/mol. The minimum absolute atomic E-state index is 0.936. The molecule has 1 aromatic carbocycles. The molecule has 46 valence electrons. The first-order chi connectivity index (χ1) is 4.47. The molecule has 2 atom stereocenters. The van der Waals surface area contributed by atoms with Crippen molar-refractivity contribution in [3.63, 3.8) is 0 Å². The summed E-state index contributed by atoms with van der Waals surface area (Å²) in [5.41, 5.74) is 2.47. The monoisotopic (exact) mass is 136 g/mol. The zero-order chi connectivity index (χ0) is 6.10. The van der Waals surface area contributed by atoms with Gasteiger partial charge in [-0.3, -0.25) is 0 Å². The number of benzene rings is 1. The maximum absolute atomic E-state index is 2.23. The van der Waals surface area contributed by atoms with Gasteiger partial charge in [0.2, 0.25) is 0 Å². The van der Waals surface area contributed by atoms with E-state index >= 15 is 0 Å². The van der Waals surface area contributed by atoms with Crippen LogP contribution in [-0.4, -0.2) is 6.16 Å². The van der Waals surface area contributed by atoms with Gasteiger partial charge >= 0.3 is 0 Å². The zero-order valence-electron chi connectivity index (χ0n) is 5.17. The highest BCUT2D eigenvalue weighted by molar-refractivity contribution is 7.47. The van der Waals surface area contributed by atoms with Crippen LogP contribution in [0.3, 0.4) is 0 Å². The number of hydrogen-bond donors (Lipinski definition) is 0. The van der Waals surface area contributed by atoms with Crippen molar-refractivity contribution in [1.29, 1.82) is 0 Å². The van der Waals surface area contributed by atoms with Gasteiger partial charge in [0.05, 0.1) is 0 Å². The second-order valence-corrected chi connectivity index (χ2v) is 3.88. The van der Waals surface area contributed by atoms with E-state index in [1.54, 1.807) is 0 Å². The summed E-state index contributed by atoms with van der Waals surface area (Å²) in [5, 5.41) is 0. The van der Waals surface area contributed by atoms with Gasteiger partial charge in [0, 0.05) is 5.66 Å². The summed E-state index contributed by atoms with van der Waals surface area (Å²) in [6.07, 6.45) is 1.43. The third kappa shape index (κ3) is 1.14. The van der Waals surface area contributed by atoms with Crippen LogP contribution in [0.15, 0.2) is 30.3 Å². The fraction of sp³-hybridized carbons (Fsp3) is 0.250. The van der Waals surface area contributed by atoms with E-state index < -0.39 is 0 Å². The van der Waals surface area contributed by atoms with Crippen LogP contribution >= 0.6 is 8.58 Å². The van der Waals surface area contributed by atoms with Crippen molar-refractivity contribution in [3.8, 4) is 0 Å². The second kappa shape index (κ2) is 2.11. The largest absolute Gasteiger partial charge is 0.113 e. The predicted molar refractivity (Wildman–Crippen MR) is 42.4 cm³/mol. The summed E-state index contributed by atoms with van der Waals surface area (Å²) < 4.78 is 0. The van der Waals surface area contributed by atoms with Crippen molar-refractivity contribution in [2.45, 2.75) is 5.66 Å². The van der Waals surface area contributed by atoms with Crippen molar-refractivity contribution in [2.75, 3.05) is 6.16 Å². The van der Waals surface area contributed by atoms with Crippen molar-refractivity contribution >= 4 is 8.58 Å². The maximum atomic E-state index is 2.23. The van der Waals surface area contributed by atoms with Crippen LogP contribution in [0, 0.1) is 0 Å². The van der Waals surface area contributed by atoms with Crippen LogP contribution in [0.1, 0.15) is 11.2 Å². The van der Waals surface area contributed by atoms with Crippen LogP contribution in [-0.2, 0) is 0 Å². The molecule has 0 bridgehead atoms. The Morgan fingerprint density at radius 2 is 1.89 bits per heavy atom. The van der Waals surface area contributed by atoms with Crippen molar-refractivity contribution in [2.24, 2.45) is 0 Å². The first kappa shape index (κ1) is 5.44. The summed E-state index contributed by atoms with van der Waals surface area (Å²) in [6, 6.07) is 10.8. The molecule has 0 radical (unpaired) electrons. The van der Waals surface area contributed by atoms with Gasteiger partial charge in [-0.25, -0.2) is 0 Å². The molecule has 1 aromatic rings. The Morgan fingerprint density at radius 1 is 1.22 bits per heavy atom. The summed E-state index contributed by atoms with van der Waals surface area (Å²) in [6.45, 7) is 0. The lowest BCUT2D eigenvalue weighted by Crippen LogP contribution is -1.74. The standard InChI is InChI=1S/C8H9P/c1-2-4-7(5-3-1)8-6-9-8/h1-5,8-9H,6H2. The van der Waals surface area contributed by atoms with Gasteiger partial charge in [-0.2, -0.15) is 0 Å². The topological polar surface area (TPSA) is 0 Å². The van der Waals surface area contributed by atoms with Crippen molar-refractivity contribution in [3.05, 3.63) is 35.9 Å². The first-order valence-corrected chi connectivity index (χ1v) is 4.53. The molecule has 1 aliphatic rings. The Morgan fingerprint density at radius 3 is 2.44 bits per heavy atom. The van der Waals surface area contributed by atoms with Gasteiger partial charge in [0.1, 0.15) is 0 Å². The minimum Gasteiger partial charge on any atom is -0.113 e. The molecule has 1 heteroatoms. The molecule has 2 unspecified atom stereocenters. The molecule has 1 aliphatic heterocycles. The first-order valence-electron chi connectivity index (χ1n) is 3.25. The normalized spacial score (nSPS) is 26.4. The summed E-state index contributed by atoms with van der Waals surface area (Å²) >= 11 is 0. The average Bonchev–Trinajstić information content (AvgIpc) is 2.71. The lowest BCUT2D eigenvalue weighted by molar-refractivity contribution is 1.23. The van der Waals surface area contributed by atoms with Gasteiger partial charge in [-0.15, -0.1) is 8.58 Å². The third-order valence-corrected chi connectivity index (χ3v) is 2.76. The molecule has 9 heavy (non-hydrogen) atoms. The summed E-state index contributed by atoms with van der Waals surface area (Å²) in [7, 11) is 1.20. The van der Waals surface area contributed by atoms with Gasteiger partial charge in [0.15, 0.2) is 0 Å². The highest BCUT2D eigenvalue weighted by atomic mass is 31.1. The van der Waals surface area contributed by atoms with Crippen LogP contribution < -0.4 is 0 Å². The summed E-state index contributed by atoms with van der Waals surface area (Å²) in [5.74, 6) is 0. The Balaban J connectivity index is 2.29. The minimum atomic E-state index is 0.936. The quantitative estimate of drug-likeness (QED) is 0.520. The second-order valence-electron chi connectivity index (χ2n) is 2.37. The molecule has 0 saturated carbocycles. The smallest absolute Gasteiger partial charge is 0.00513 e. The Hall–Kier alpha value is -0.350. The molecule has 1 heterocycles. The Kier molecular flexibility index (Phi) is 1.28. The molecule has 0 aromatic heterocycles. The van der Waals surface area contributed by atoms with E-state index in [-0.39, 0.29) is 0 Å². The highest BCUT2D eigenvalue weighted by Crippen LogP contribution is 2.52. The fourth-order valence-electron chi connectivity index (χ4n) is 0.980. The van der Waals surface area contributed by atoms with E-state index in [9.17, 15) is 0 Å². The lowest BCUT2D eigenvalue weighted by Gasteiger charge is -1.91. The van der Waals surface area contributed by atoms with Gasteiger partial charge in [-0.1, -0.05) is 30.3 Å². The molecule has 0 spiro atoms. The van der Waals surface area contributed by atoms with Crippen LogP contribution in [0.4, 0.5) is 0 Å². The third-order valence-electron chi connectivity index (χ3n) is 1.61. The summed E-state index contributed by atoms with van der Waals surface area (Å²) in [4.78, 5) is 0. The molecule has 0 N–H and O–H groups in total. The van der Waals surface area contributed by atoms with E-state index in [0.29, 0.717) is 0 Å². The molecular formula is C8H9P. The molecule has 0 aliphatic carbocycles.